The maximum Gasteiger partial charge on any atom is 0.343 e. The zero-order valence-electron chi connectivity index (χ0n) is 15.1. The highest BCUT2D eigenvalue weighted by Gasteiger charge is 2.19. The number of hydrogen-bond acceptors (Lipinski definition) is 6. The first kappa shape index (κ1) is 20.0. The molecule has 3 rings (SSSR count). The van der Waals surface area contributed by atoms with E-state index in [-0.39, 0.29) is 33.6 Å². The van der Waals surface area contributed by atoms with Gasteiger partial charge in [-0.3, -0.25) is 14.9 Å². The Balaban J connectivity index is 1.73. The van der Waals surface area contributed by atoms with Gasteiger partial charge in [0, 0.05) is 11.6 Å². The number of rotatable bonds is 6. The summed E-state index contributed by atoms with van der Waals surface area (Å²) < 4.78 is 10.8. The normalized spacial score (nSPS) is 10.3. The third kappa shape index (κ3) is 4.77. The fraction of sp³-hybridized carbons (Fsp3) is 0.0476. The van der Waals surface area contributed by atoms with Gasteiger partial charge in [-0.25, -0.2) is 4.79 Å². The second-order valence-electron chi connectivity index (χ2n) is 5.94. The number of ketones is 1. The average Bonchev–Trinajstić information content (AvgIpc) is 2.70. The van der Waals surface area contributed by atoms with Crippen molar-refractivity contribution in [3.05, 3.63) is 93.0 Å². The van der Waals surface area contributed by atoms with Gasteiger partial charge in [-0.15, -0.1) is 0 Å². The van der Waals surface area contributed by atoms with Gasteiger partial charge in [0.15, 0.2) is 5.78 Å². The number of Topliss-reactive ketones (excluding diaryl/α,β-unsaturated/α-hetero) is 1. The predicted octanol–water partition coefficient (Wildman–Crippen LogP) is 5.46. The predicted molar refractivity (Wildman–Crippen MR) is 106 cm³/mol. The van der Waals surface area contributed by atoms with E-state index in [2.05, 4.69) is 0 Å². The molecule has 0 fully saturated rings. The van der Waals surface area contributed by atoms with E-state index >= 15 is 0 Å². The summed E-state index contributed by atoms with van der Waals surface area (Å²) in [6.07, 6.45) is 0. The van der Waals surface area contributed by atoms with Gasteiger partial charge < -0.3 is 9.47 Å². The highest BCUT2D eigenvalue weighted by Crippen LogP contribution is 2.37. The topological polar surface area (TPSA) is 95.7 Å². The van der Waals surface area contributed by atoms with Gasteiger partial charge in [0.25, 0.3) is 0 Å². The molecule has 0 atom stereocenters. The van der Waals surface area contributed by atoms with Crippen LogP contribution in [0.3, 0.4) is 0 Å². The molecule has 0 heterocycles. The number of hydrogen-bond donors (Lipinski definition) is 0. The third-order valence-corrected chi connectivity index (χ3v) is 4.22. The van der Waals surface area contributed by atoms with E-state index < -0.39 is 10.9 Å². The molecule has 0 aliphatic rings. The highest BCUT2D eigenvalue weighted by atomic mass is 35.5. The number of carbonyl (C=O) groups is 2. The summed E-state index contributed by atoms with van der Waals surface area (Å²) in [5.74, 6) is -0.205. The molecule has 3 aromatic carbocycles. The number of nitrogens with zero attached hydrogens (tertiary/aromatic N) is 1. The SMILES string of the molecule is CC(=O)c1ccc(OC(=O)c2ccc(Oc3c(Cl)cccc3[N+](=O)[O-])cc2)cc1. The van der Waals surface area contributed by atoms with Gasteiger partial charge in [0.1, 0.15) is 11.5 Å². The third-order valence-electron chi connectivity index (χ3n) is 3.92. The lowest BCUT2D eigenvalue weighted by Crippen LogP contribution is -2.08. The van der Waals surface area contributed by atoms with Crippen molar-refractivity contribution in [3.63, 3.8) is 0 Å². The lowest BCUT2D eigenvalue weighted by atomic mass is 10.1. The minimum atomic E-state index is -0.601. The summed E-state index contributed by atoms with van der Waals surface area (Å²) in [7, 11) is 0. The number of para-hydroxylation sites is 1. The number of benzene rings is 3. The summed E-state index contributed by atoms with van der Waals surface area (Å²) in [6, 6.07) is 16.3. The first-order valence-electron chi connectivity index (χ1n) is 8.39. The Morgan fingerprint density at radius 1 is 0.897 bits per heavy atom. The van der Waals surface area contributed by atoms with Crippen LogP contribution in [0.2, 0.25) is 5.02 Å². The maximum absolute atomic E-state index is 12.3. The number of nitro groups is 1. The lowest BCUT2D eigenvalue weighted by Gasteiger charge is -2.09. The molecule has 146 valence electrons. The van der Waals surface area contributed by atoms with Crippen molar-refractivity contribution in [1.82, 2.24) is 0 Å². The number of carbonyl (C=O) groups excluding carboxylic acids is 2. The number of esters is 1. The van der Waals surface area contributed by atoms with Crippen LogP contribution in [-0.2, 0) is 0 Å². The monoisotopic (exact) mass is 411 g/mol. The molecular formula is C21H14ClNO6. The van der Waals surface area contributed by atoms with Crippen LogP contribution in [0.15, 0.2) is 66.7 Å². The van der Waals surface area contributed by atoms with E-state index in [4.69, 9.17) is 21.1 Å². The standard InChI is InChI=1S/C21H14ClNO6/c1-13(24)14-5-9-17(10-6-14)29-21(25)15-7-11-16(12-8-15)28-20-18(22)3-2-4-19(20)23(26)27/h2-12H,1H3. The molecule has 29 heavy (non-hydrogen) atoms. The molecule has 0 unspecified atom stereocenters. The Labute approximate surface area is 170 Å². The van der Waals surface area contributed by atoms with Gasteiger partial charge in [-0.05, 0) is 61.5 Å². The summed E-state index contributed by atoms with van der Waals surface area (Å²) >= 11 is 6.00. The van der Waals surface area contributed by atoms with Crippen LogP contribution in [0, 0.1) is 10.1 Å². The fourth-order valence-electron chi connectivity index (χ4n) is 2.44. The smallest absolute Gasteiger partial charge is 0.343 e. The van der Waals surface area contributed by atoms with Gasteiger partial charge in [0.2, 0.25) is 5.75 Å². The van der Waals surface area contributed by atoms with E-state index in [0.717, 1.165) is 0 Å². The van der Waals surface area contributed by atoms with Crippen molar-refractivity contribution in [2.24, 2.45) is 0 Å². The molecule has 0 spiro atoms. The summed E-state index contributed by atoms with van der Waals surface area (Å²) in [5.41, 5.74) is 0.497. The quantitative estimate of drug-likeness (QED) is 0.175. The Hall–Kier alpha value is -3.71. The average molecular weight is 412 g/mol. The van der Waals surface area contributed by atoms with E-state index in [1.165, 1.54) is 61.5 Å². The van der Waals surface area contributed by atoms with Crippen molar-refractivity contribution < 1.29 is 24.0 Å². The van der Waals surface area contributed by atoms with E-state index in [1.807, 2.05) is 0 Å². The lowest BCUT2D eigenvalue weighted by molar-refractivity contribution is -0.385. The van der Waals surface area contributed by atoms with Crippen LogP contribution in [0.4, 0.5) is 5.69 Å². The van der Waals surface area contributed by atoms with Crippen molar-refractivity contribution in [1.29, 1.82) is 0 Å². The minimum Gasteiger partial charge on any atom is -0.449 e. The molecule has 0 saturated carbocycles. The summed E-state index contributed by atoms with van der Waals surface area (Å²) in [5, 5.41) is 11.2. The zero-order chi connectivity index (χ0) is 21.0. The number of nitro benzene ring substituents is 1. The first-order chi connectivity index (χ1) is 13.8. The molecule has 3 aromatic rings. The molecule has 0 saturated heterocycles. The Bertz CT molecular complexity index is 1080. The van der Waals surface area contributed by atoms with Crippen LogP contribution in [0.5, 0.6) is 17.2 Å². The Kier molecular flexibility index (Phi) is 5.90. The molecule has 0 amide bonds. The van der Waals surface area contributed by atoms with Crippen molar-refractivity contribution >= 4 is 29.0 Å². The van der Waals surface area contributed by atoms with E-state index in [0.29, 0.717) is 11.3 Å². The van der Waals surface area contributed by atoms with Crippen LogP contribution < -0.4 is 9.47 Å². The number of halogens is 1. The second kappa shape index (κ2) is 8.53. The minimum absolute atomic E-state index is 0.0833. The number of ether oxygens (including phenoxy) is 2. The zero-order valence-corrected chi connectivity index (χ0v) is 15.9. The molecule has 0 aliphatic heterocycles. The van der Waals surface area contributed by atoms with Gasteiger partial charge >= 0.3 is 11.7 Å². The fourth-order valence-corrected chi connectivity index (χ4v) is 2.65. The maximum atomic E-state index is 12.3. The molecule has 0 bridgehead atoms. The van der Waals surface area contributed by atoms with Crippen LogP contribution in [0.1, 0.15) is 27.6 Å². The summed E-state index contributed by atoms with van der Waals surface area (Å²) in [4.78, 5) is 34.1. The molecule has 0 aromatic heterocycles. The van der Waals surface area contributed by atoms with Gasteiger partial charge in [-0.2, -0.15) is 0 Å². The molecule has 8 heteroatoms. The van der Waals surface area contributed by atoms with Crippen molar-refractivity contribution in [3.8, 4) is 17.2 Å². The first-order valence-corrected chi connectivity index (χ1v) is 8.77. The van der Waals surface area contributed by atoms with Crippen molar-refractivity contribution in [2.45, 2.75) is 6.92 Å². The Morgan fingerprint density at radius 3 is 2.07 bits per heavy atom. The van der Waals surface area contributed by atoms with Crippen LogP contribution >= 0.6 is 11.6 Å². The molecule has 0 radical (unpaired) electrons. The van der Waals surface area contributed by atoms with Crippen molar-refractivity contribution in [2.75, 3.05) is 0 Å². The summed E-state index contributed by atoms with van der Waals surface area (Å²) in [6.45, 7) is 1.45. The second-order valence-corrected chi connectivity index (χ2v) is 6.35. The van der Waals surface area contributed by atoms with Crippen LogP contribution in [0.25, 0.3) is 0 Å². The Morgan fingerprint density at radius 2 is 1.48 bits per heavy atom. The van der Waals surface area contributed by atoms with E-state index in [9.17, 15) is 19.7 Å². The highest BCUT2D eigenvalue weighted by molar-refractivity contribution is 6.32. The van der Waals surface area contributed by atoms with Gasteiger partial charge in [-0.1, -0.05) is 17.7 Å². The molecule has 0 aliphatic carbocycles. The largest absolute Gasteiger partial charge is 0.449 e. The molecule has 0 N–H and O–H groups in total. The van der Waals surface area contributed by atoms with Crippen LogP contribution in [-0.4, -0.2) is 16.7 Å². The molecule has 7 nitrogen and oxygen atoms in total. The van der Waals surface area contributed by atoms with Gasteiger partial charge in [0.05, 0.1) is 15.5 Å². The molecular weight excluding hydrogens is 398 g/mol. The van der Waals surface area contributed by atoms with E-state index in [1.54, 1.807) is 12.1 Å².